The van der Waals surface area contributed by atoms with E-state index in [1.165, 1.54) is 0 Å². The summed E-state index contributed by atoms with van der Waals surface area (Å²) in [6.07, 6.45) is -6.77. The van der Waals surface area contributed by atoms with E-state index < -0.39 is 49.3 Å². The maximum atomic E-state index is 10.7. The molecule has 1 rings (SSSR count). The Morgan fingerprint density at radius 3 is 2.58 bits per heavy atom. The van der Waals surface area contributed by atoms with Crippen molar-refractivity contribution in [2.45, 2.75) is 56.6 Å². The lowest BCUT2D eigenvalue weighted by molar-refractivity contribution is -0.240. The number of amides is 1. The molecule has 0 aromatic rings. The van der Waals surface area contributed by atoms with Crippen LogP contribution in [0.3, 0.4) is 0 Å². The highest BCUT2D eigenvalue weighted by atomic mass is 16.7. The minimum atomic E-state index is -1.32. The molecule has 8 nitrogen and oxygen atoms in total. The van der Waals surface area contributed by atoms with Crippen LogP contribution in [0.2, 0.25) is 0 Å². The van der Waals surface area contributed by atoms with E-state index in [4.69, 9.17) is 20.3 Å². The third kappa shape index (κ3) is 4.68. The van der Waals surface area contributed by atoms with Crippen molar-refractivity contribution in [1.29, 1.82) is 0 Å². The summed E-state index contributed by atoms with van der Waals surface area (Å²) in [4.78, 5) is 10.7. The summed E-state index contributed by atoms with van der Waals surface area (Å²) in [6, 6.07) is 0. The first-order valence-corrected chi connectivity index (χ1v) is 6.09. The Hall–Kier alpha value is -0.770. The maximum absolute atomic E-state index is 10.7. The van der Waals surface area contributed by atoms with Gasteiger partial charge in [0.15, 0.2) is 6.29 Å². The molecule has 0 spiro atoms. The number of carbonyl (C=O) groups excluding carboxylic acids is 1. The van der Waals surface area contributed by atoms with Crippen molar-refractivity contribution in [3.63, 3.8) is 0 Å². The van der Waals surface area contributed by atoms with E-state index in [1.54, 1.807) is 6.92 Å². The quantitative estimate of drug-likeness (QED) is 0.373. The molecule has 112 valence electrons. The lowest BCUT2D eigenvalue weighted by Crippen LogP contribution is -2.41. The monoisotopic (exact) mass is 279 g/mol. The van der Waals surface area contributed by atoms with E-state index in [-0.39, 0.29) is 12.8 Å². The molecular weight excluding hydrogens is 258 g/mol. The average Bonchev–Trinajstić information content (AvgIpc) is 2.40. The predicted octanol–water partition coefficient (Wildman–Crippen LogP) is -2.54. The summed E-state index contributed by atoms with van der Waals surface area (Å²) < 4.78 is 10.5. The summed E-state index contributed by atoms with van der Waals surface area (Å²) in [5, 5.41) is 38.1. The Morgan fingerprint density at radius 1 is 1.42 bits per heavy atom. The van der Waals surface area contributed by atoms with Crippen LogP contribution in [0.4, 0.5) is 0 Å². The number of aliphatic hydroxyl groups excluding tert-OH is 4. The Morgan fingerprint density at radius 2 is 2.05 bits per heavy atom. The first-order chi connectivity index (χ1) is 8.85. The van der Waals surface area contributed by atoms with Gasteiger partial charge in [-0.3, -0.25) is 4.79 Å². The molecule has 1 aliphatic rings. The summed E-state index contributed by atoms with van der Waals surface area (Å²) in [7, 11) is 0. The van der Waals surface area contributed by atoms with Crippen molar-refractivity contribution < 1.29 is 34.7 Å². The van der Waals surface area contributed by atoms with Crippen LogP contribution in [0, 0.1) is 0 Å². The second-order valence-electron chi connectivity index (χ2n) is 4.70. The number of rotatable bonds is 5. The van der Waals surface area contributed by atoms with Crippen LogP contribution < -0.4 is 5.73 Å². The van der Waals surface area contributed by atoms with Gasteiger partial charge in [-0.25, -0.2) is 0 Å². The van der Waals surface area contributed by atoms with Gasteiger partial charge in [0, 0.05) is 6.42 Å². The van der Waals surface area contributed by atoms with Gasteiger partial charge in [-0.2, -0.15) is 0 Å². The van der Waals surface area contributed by atoms with Crippen LogP contribution in [0.25, 0.3) is 0 Å². The normalized spacial score (nSPS) is 37.6. The Kier molecular flexibility index (Phi) is 6.11. The van der Waals surface area contributed by atoms with Gasteiger partial charge in [0.2, 0.25) is 5.91 Å². The first kappa shape index (κ1) is 16.3. The smallest absolute Gasteiger partial charge is 0.220 e. The van der Waals surface area contributed by atoms with Crippen LogP contribution in [0.15, 0.2) is 0 Å². The van der Waals surface area contributed by atoms with Crippen LogP contribution in [-0.4, -0.2) is 69.8 Å². The second-order valence-corrected chi connectivity index (χ2v) is 4.70. The number of hydrogen-bond donors (Lipinski definition) is 5. The molecule has 0 aromatic heterocycles. The summed E-state index contributed by atoms with van der Waals surface area (Å²) in [6.45, 7) is 1.04. The Balaban J connectivity index is 2.67. The summed E-state index contributed by atoms with van der Waals surface area (Å²) >= 11 is 0. The molecule has 1 aliphatic heterocycles. The number of aliphatic hydroxyl groups is 4. The molecule has 1 heterocycles. The lowest BCUT2D eigenvalue weighted by Gasteiger charge is -2.27. The molecule has 6 N–H and O–H groups in total. The third-order valence-electron chi connectivity index (χ3n) is 2.92. The lowest BCUT2D eigenvalue weighted by atomic mass is 10.0. The molecule has 1 saturated heterocycles. The fourth-order valence-corrected chi connectivity index (χ4v) is 1.92. The Labute approximate surface area is 110 Å². The molecule has 19 heavy (non-hydrogen) atoms. The highest BCUT2D eigenvalue weighted by Gasteiger charge is 2.39. The molecule has 1 fully saturated rings. The van der Waals surface area contributed by atoms with E-state index in [0.29, 0.717) is 0 Å². The van der Waals surface area contributed by atoms with E-state index >= 15 is 0 Å². The molecule has 0 saturated carbocycles. The predicted molar refractivity (Wildman–Crippen MR) is 62.7 cm³/mol. The minimum absolute atomic E-state index is 0.0541. The molecule has 8 heteroatoms. The molecule has 1 amide bonds. The van der Waals surface area contributed by atoms with Crippen molar-refractivity contribution in [3.8, 4) is 0 Å². The van der Waals surface area contributed by atoms with Crippen molar-refractivity contribution in [1.82, 2.24) is 0 Å². The summed E-state index contributed by atoms with van der Waals surface area (Å²) in [5.41, 5.74) is 5.02. The number of nitrogens with two attached hydrogens (primary N) is 1. The molecular formula is C11H21NO7. The van der Waals surface area contributed by atoms with Crippen molar-refractivity contribution in [2.75, 3.05) is 6.61 Å². The maximum Gasteiger partial charge on any atom is 0.220 e. The zero-order valence-corrected chi connectivity index (χ0v) is 10.7. The van der Waals surface area contributed by atoms with Crippen LogP contribution >= 0.6 is 0 Å². The average molecular weight is 279 g/mol. The van der Waals surface area contributed by atoms with E-state index in [9.17, 15) is 20.1 Å². The van der Waals surface area contributed by atoms with Gasteiger partial charge in [-0.1, -0.05) is 0 Å². The molecule has 0 radical (unpaired) electrons. The Bertz CT molecular complexity index is 301. The standard InChI is InChI=1S/C11H21NO7/c1-5(2-9(12)16)18-11-7(15)3-6(14)10(17)8(4-13)19-11/h5-8,10-11,13-15,17H,2-4H2,1H3,(H2,12,16)/t5?,6?,7?,8?,10-,11-/m0/s1. The second kappa shape index (κ2) is 7.13. The highest BCUT2D eigenvalue weighted by molar-refractivity contribution is 5.74. The minimum Gasteiger partial charge on any atom is -0.394 e. The number of ether oxygens (including phenoxy) is 2. The van der Waals surface area contributed by atoms with Crippen molar-refractivity contribution >= 4 is 5.91 Å². The molecule has 0 aliphatic carbocycles. The van der Waals surface area contributed by atoms with Gasteiger partial charge < -0.3 is 35.6 Å². The van der Waals surface area contributed by atoms with Crippen molar-refractivity contribution in [2.24, 2.45) is 5.73 Å². The summed E-state index contributed by atoms with van der Waals surface area (Å²) in [5.74, 6) is -0.561. The van der Waals surface area contributed by atoms with Gasteiger partial charge in [0.05, 0.1) is 25.2 Å². The fraction of sp³-hybridized carbons (Fsp3) is 0.909. The molecule has 0 aromatic carbocycles. The fourth-order valence-electron chi connectivity index (χ4n) is 1.92. The molecule has 6 atom stereocenters. The third-order valence-corrected chi connectivity index (χ3v) is 2.92. The van der Waals surface area contributed by atoms with E-state index in [0.717, 1.165) is 0 Å². The zero-order valence-electron chi connectivity index (χ0n) is 10.7. The van der Waals surface area contributed by atoms with Crippen LogP contribution in [0.5, 0.6) is 0 Å². The van der Waals surface area contributed by atoms with Gasteiger partial charge >= 0.3 is 0 Å². The van der Waals surface area contributed by atoms with Crippen molar-refractivity contribution in [3.05, 3.63) is 0 Å². The first-order valence-electron chi connectivity index (χ1n) is 6.09. The van der Waals surface area contributed by atoms with Crippen LogP contribution in [0.1, 0.15) is 19.8 Å². The number of hydrogen-bond acceptors (Lipinski definition) is 7. The number of carbonyl (C=O) groups is 1. The molecule has 4 unspecified atom stereocenters. The molecule has 0 bridgehead atoms. The van der Waals surface area contributed by atoms with Gasteiger partial charge in [-0.05, 0) is 6.92 Å². The largest absolute Gasteiger partial charge is 0.394 e. The SMILES string of the molecule is CC(CC(N)=O)O[C@H]1OC(CO)[C@@H](O)C(O)CC1O. The topological polar surface area (TPSA) is 142 Å². The highest BCUT2D eigenvalue weighted by Crippen LogP contribution is 2.22. The van der Waals surface area contributed by atoms with Gasteiger partial charge in [-0.15, -0.1) is 0 Å². The van der Waals surface area contributed by atoms with E-state index in [1.807, 2.05) is 0 Å². The van der Waals surface area contributed by atoms with E-state index in [2.05, 4.69) is 0 Å². The zero-order chi connectivity index (χ0) is 14.6. The van der Waals surface area contributed by atoms with Gasteiger partial charge in [0.1, 0.15) is 18.3 Å². The van der Waals surface area contributed by atoms with Crippen LogP contribution in [-0.2, 0) is 14.3 Å². The number of primary amides is 1. The van der Waals surface area contributed by atoms with Gasteiger partial charge in [0.25, 0.3) is 0 Å².